The molecule has 0 bridgehead atoms. The highest BCUT2D eigenvalue weighted by Crippen LogP contribution is 2.27. The lowest BCUT2D eigenvalue weighted by Crippen LogP contribution is -2.14. The Balaban J connectivity index is 1.29. The van der Waals surface area contributed by atoms with Crippen molar-refractivity contribution in [3.8, 4) is 17.4 Å². The summed E-state index contributed by atoms with van der Waals surface area (Å²) in [6, 6.07) is 10.9. The zero-order valence-electron chi connectivity index (χ0n) is 18.2. The fraction of sp³-hybridized carbons (Fsp3) is 0.417. The summed E-state index contributed by atoms with van der Waals surface area (Å²) in [5, 5.41) is 11.4. The van der Waals surface area contributed by atoms with Crippen molar-refractivity contribution in [3.05, 3.63) is 54.1 Å². The minimum absolute atomic E-state index is 0.0747. The Morgan fingerprint density at radius 3 is 2.48 bits per heavy atom. The molecule has 1 aliphatic rings. The summed E-state index contributed by atoms with van der Waals surface area (Å²) < 4.78 is 7.67. The van der Waals surface area contributed by atoms with E-state index in [2.05, 4.69) is 20.5 Å². The molecule has 2 aromatic heterocycles. The van der Waals surface area contributed by atoms with Gasteiger partial charge < -0.3 is 10.1 Å². The van der Waals surface area contributed by atoms with Crippen molar-refractivity contribution in [3.63, 3.8) is 0 Å². The van der Waals surface area contributed by atoms with Crippen LogP contribution in [0.15, 0.2) is 42.7 Å². The van der Waals surface area contributed by atoms with E-state index in [0.29, 0.717) is 29.8 Å². The number of ether oxygens (including phenoxy) is 1. The van der Waals surface area contributed by atoms with Crippen molar-refractivity contribution in [2.24, 2.45) is 5.92 Å². The molecule has 1 N–H and O–H groups in total. The molecule has 4 rings (SSSR count). The van der Waals surface area contributed by atoms with Crippen LogP contribution in [0.2, 0.25) is 0 Å². The van der Waals surface area contributed by atoms with E-state index in [1.807, 2.05) is 48.7 Å². The van der Waals surface area contributed by atoms with Gasteiger partial charge in [-0.1, -0.05) is 32.1 Å². The van der Waals surface area contributed by atoms with Crippen molar-refractivity contribution < 1.29 is 9.53 Å². The Bertz CT molecular complexity index is 1010. The molecule has 1 fully saturated rings. The number of hydrogen-bond acceptors (Lipinski definition) is 5. The molecule has 1 amide bonds. The molecule has 0 radical (unpaired) electrons. The maximum absolute atomic E-state index is 12.2. The molecule has 0 saturated heterocycles. The minimum atomic E-state index is 0.0747. The molecule has 1 aromatic carbocycles. The molecule has 162 valence electrons. The minimum Gasteiger partial charge on any atom is -0.438 e. The molecule has 7 nitrogen and oxygen atoms in total. The second kappa shape index (κ2) is 9.73. The summed E-state index contributed by atoms with van der Waals surface area (Å²) in [7, 11) is 0. The van der Waals surface area contributed by atoms with Crippen molar-refractivity contribution in [1.82, 2.24) is 19.7 Å². The molecule has 0 unspecified atom stereocenters. The maximum atomic E-state index is 12.2. The summed E-state index contributed by atoms with van der Waals surface area (Å²) >= 11 is 0. The second-order valence-electron chi connectivity index (χ2n) is 8.23. The number of imidazole rings is 1. The Morgan fingerprint density at radius 2 is 1.84 bits per heavy atom. The van der Waals surface area contributed by atoms with Gasteiger partial charge in [0, 0.05) is 23.9 Å². The van der Waals surface area contributed by atoms with Crippen LogP contribution in [0.5, 0.6) is 11.6 Å². The van der Waals surface area contributed by atoms with Crippen LogP contribution in [-0.4, -0.2) is 25.7 Å². The van der Waals surface area contributed by atoms with Crippen molar-refractivity contribution in [2.75, 3.05) is 5.32 Å². The van der Waals surface area contributed by atoms with E-state index < -0.39 is 0 Å². The average molecular weight is 420 g/mol. The quantitative estimate of drug-likeness (QED) is 0.557. The van der Waals surface area contributed by atoms with E-state index >= 15 is 0 Å². The van der Waals surface area contributed by atoms with E-state index in [4.69, 9.17) is 4.74 Å². The van der Waals surface area contributed by atoms with Crippen LogP contribution < -0.4 is 10.1 Å². The first-order valence-corrected chi connectivity index (χ1v) is 11.0. The summed E-state index contributed by atoms with van der Waals surface area (Å²) in [4.78, 5) is 16.5. The Morgan fingerprint density at radius 1 is 1.06 bits per heavy atom. The summed E-state index contributed by atoms with van der Waals surface area (Å²) in [6.07, 6.45) is 9.80. The van der Waals surface area contributed by atoms with Gasteiger partial charge in [0.1, 0.15) is 12.1 Å². The second-order valence-corrected chi connectivity index (χ2v) is 8.23. The van der Waals surface area contributed by atoms with Gasteiger partial charge in [-0.05, 0) is 56.5 Å². The molecule has 2 heterocycles. The van der Waals surface area contributed by atoms with Crippen molar-refractivity contribution in [2.45, 2.75) is 58.8 Å². The van der Waals surface area contributed by atoms with Crippen LogP contribution in [-0.2, 0) is 4.79 Å². The number of aromatic nitrogens is 4. The number of nitrogens with zero attached hydrogens (tertiary/aromatic N) is 4. The van der Waals surface area contributed by atoms with E-state index in [0.717, 1.165) is 23.5 Å². The number of carbonyl (C=O) groups is 1. The van der Waals surface area contributed by atoms with Gasteiger partial charge in [0.15, 0.2) is 5.82 Å². The number of carbonyl (C=O) groups excluding carboxylic acids is 1. The van der Waals surface area contributed by atoms with Gasteiger partial charge >= 0.3 is 0 Å². The van der Waals surface area contributed by atoms with Crippen LogP contribution in [0.25, 0.3) is 5.82 Å². The molecule has 0 atom stereocenters. The Labute approximate surface area is 182 Å². The Kier molecular flexibility index (Phi) is 6.60. The highest BCUT2D eigenvalue weighted by molar-refractivity contribution is 5.90. The maximum Gasteiger partial charge on any atom is 0.238 e. The SMILES string of the molecule is Cc1ncn(-c2ccc(Oc3ccc(NC(=O)CCC4CCCCC4)cc3)nn2)c1C. The first-order chi connectivity index (χ1) is 15.1. The molecule has 0 aliphatic heterocycles. The van der Waals surface area contributed by atoms with Crippen molar-refractivity contribution >= 4 is 11.6 Å². The summed E-state index contributed by atoms with van der Waals surface area (Å²) in [5.41, 5.74) is 2.76. The van der Waals surface area contributed by atoms with E-state index in [9.17, 15) is 4.79 Å². The number of aryl methyl sites for hydroxylation is 1. The van der Waals surface area contributed by atoms with Gasteiger partial charge in [0.25, 0.3) is 0 Å². The number of rotatable bonds is 7. The fourth-order valence-corrected chi connectivity index (χ4v) is 3.99. The molecule has 0 spiro atoms. The van der Waals surface area contributed by atoms with Crippen LogP contribution in [0.1, 0.15) is 56.3 Å². The van der Waals surface area contributed by atoms with E-state index in [1.54, 1.807) is 12.4 Å². The number of amides is 1. The number of benzene rings is 1. The third-order valence-corrected chi connectivity index (χ3v) is 5.99. The largest absolute Gasteiger partial charge is 0.438 e. The molecular formula is C24H29N5O2. The van der Waals surface area contributed by atoms with Crippen LogP contribution in [0.4, 0.5) is 5.69 Å². The number of hydrogen-bond donors (Lipinski definition) is 1. The van der Waals surface area contributed by atoms with Crippen LogP contribution in [0.3, 0.4) is 0 Å². The first kappa shape index (κ1) is 21.0. The zero-order valence-corrected chi connectivity index (χ0v) is 18.2. The molecule has 3 aromatic rings. The first-order valence-electron chi connectivity index (χ1n) is 11.0. The standard InChI is InChI=1S/C24H29N5O2/c1-17-18(2)29(16-25-17)22-13-15-24(28-27-22)31-21-11-9-20(10-12-21)26-23(30)14-8-19-6-4-3-5-7-19/h9-13,15-16,19H,3-8,14H2,1-2H3,(H,26,30). The predicted molar refractivity (Wildman–Crippen MR) is 120 cm³/mol. The number of anilines is 1. The topological polar surface area (TPSA) is 81.9 Å². The third kappa shape index (κ3) is 5.48. The smallest absolute Gasteiger partial charge is 0.238 e. The van der Waals surface area contributed by atoms with Gasteiger partial charge in [-0.2, -0.15) is 0 Å². The lowest BCUT2D eigenvalue weighted by atomic mass is 9.86. The fourth-order valence-electron chi connectivity index (χ4n) is 3.99. The van der Waals surface area contributed by atoms with Gasteiger partial charge in [0.2, 0.25) is 11.8 Å². The van der Waals surface area contributed by atoms with Crippen LogP contribution in [0, 0.1) is 19.8 Å². The lowest BCUT2D eigenvalue weighted by molar-refractivity contribution is -0.116. The van der Waals surface area contributed by atoms with Gasteiger partial charge in [-0.15, -0.1) is 10.2 Å². The monoisotopic (exact) mass is 419 g/mol. The summed E-state index contributed by atoms with van der Waals surface area (Å²) in [5.74, 6) is 2.52. The number of nitrogens with one attached hydrogen (secondary N) is 1. The molecule has 1 saturated carbocycles. The van der Waals surface area contributed by atoms with Crippen molar-refractivity contribution in [1.29, 1.82) is 0 Å². The molecule has 31 heavy (non-hydrogen) atoms. The highest BCUT2D eigenvalue weighted by Gasteiger charge is 2.15. The molecule has 1 aliphatic carbocycles. The lowest BCUT2D eigenvalue weighted by Gasteiger charge is -2.21. The predicted octanol–water partition coefficient (Wildman–Crippen LogP) is 5.37. The van der Waals surface area contributed by atoms with Gasteiger partial charge in [-0.25, -0.2) is 4.98 Å². The van der Waals surface area contributed by atoms with E-state index in [-0.39, 0.29) is 5.91 Å². The van der Waals surface area contributed by atoms with Gasteiger partial charge in [0.05, 0.1) is 5.69 Å². The normalized spacial score (nSPS) is 14.4. The average Bonchev–Trinajstić information content (AvgIpc) is 3.13. The Hall–Kier alpha value is -3.22. The highest BCUT2D eigenvalue weighted by atomic mass is 16.5. The third-order valence-electron chi connectivity index (χ3n) is 5.99. The van der Waals surface area contributed by atoms with Gasteiger partial charge in [-0.3, -0.25) is 9.36 Å². The molecular weight excluding hydrogens is 390 g/mol. The summed E-state index contributed by atoms with van der Waals surface area (Å²) in [6.45, 7) is 3.95. The molecule has 7 heteroatoms. The van der Waals surface area contributed by atoms with E-state index in [1.165, 1.54) is 32.1 Å². The zero-order chi connectivity index (χ0) is 21.6. The van der Waals surface area contributed by atoms with Crippen LogP contribution >= 0.6 is 0 Å².